The van der Waals surface area contributed by atoms with Gasteiger partial charge in [0.1, 0.15) is 5.82 Å². The first-order chi connectivity index (χ1) is 14.1. The molecule has 5 nitrogen and oxygen atoms in total. The van der Waals surface area contributed by atoms with Crippen LogP contribution in [0.5, 0.6) is 0 Å². The van der Waals surface area contributed by atoms with Crippen molar-refractivity contribution >= 4 is 34.1 Å². The number of benzene rings is 1. The van der Waals surface area contributed by atoms with Gasteiger partial charge in [-0.15, -0.1) is 0 Å². The van der Waals surface area contributed by atoms with Crippen molar-refractivity contribution in [2.24, 2.45) is 5.92 Å². The highest BCUT2D eigenvalue weighted by atomic mass is 35.5. The Kier molecular flexibility index (Phi) is 5.23. The number of amides is 1. The van der Waals surface area contributed by atoms with Crippen molar-refractivity contribution in [2.45, 2.75) is 57.1 Å². The number of rotatable bonds is 4. The van der Waals surface area contributed by atoms with Crippen LogP contribution in [0.25, 0.3) is 10.8 Å². The Morgan fingerprint density at radius 1 is 1.14 bits per heavy atom. The Morgan fingerprint density at radius 2 is 1.93 bits per heavy atom. The zero-order valence-electron chi connectivity index (χ0n) is 16.9. The van der Waals surface area contributed by atoms with Crippen molar-refractivity contribution < 1.29 is 9.53 Å². The summed E-state index contributed by atoms with van der Waals surface area (Å²) in [6.07, 6.45) is 7.50. The summed E-state index contributed by atoms with van der Waals surface area (Å²) >= 11 is 6.67. The molecule has 6 heteroatoms. The fourth-order valence-electron chi connectivity index (χ4n) is 4.88. The molecule has 154 valence electrons. The second-order valence-electron chi connectivity index (χ2n) is 8.80. The third-order valence-electron chi connectivity index (χ3n) is 6.81. The molecule has 29 heavy (non-hydrogen) atoms. The van der Waals surface area contributed by atoms with E-state index in [0.29, 0.717) is 23.9 Å². The quantitative estimate of drug-likeness (QED) is 0.796. The molecule has 1 aromatic carbocycles. The van der Waals surface area contributed by atoms with Gasteiger partial charge in [0, 0.05) is 35.2 Å². The monoisotopic (exact) mass is 413 g/mol. The van der Waals surface area contributed by atoms with Crippen LogP contribution in [0.3, 0.4) is 0 Å². The van der Waals surface area contributed by atoms with Crippen molar-refractivity contribution in [3.8, 4) is 0 Å². The van der Waals surface area contributed by atoms with Crippen LogP contribution in [-0.4, -0.2) is 47.6 Å². The molecule has 0 bridgehead atoms. The average Bonchev–Trinajstić information content (AvgIpc) is 3.49. The maximum absolute atomic E-state index is 12.1. The Bertz CT molecular complexity index is 922. The second kappa shape index (κ2) is 7.86. The molecule has 2 atom stereocenters. The minimum absolute atomic E-state index is 0.0866. The molecule has 1 aliphatic carbocycles. The lowest BCUT2D eigenvalue weighted by atomic mass is 9.87. The number of nitrogens with zero attached hydrogens (tertiary/aromatic N) is 2. The first-order valence-corrected chi connectivity index (χ1v) is 11.2. The van der Waals surface area contributed by atoms with Crippen LogP contribution >= 0.6 is 11.6 Å². The van der Waals surface area contributed by atoms with Gasteiger partial charge in [0.15, 0.2) is 0 Å². The molecule has 3 aliphatic rings. The van der Waals surface area contributed by atoms with E-state index in [0.717, 1.165) is 67.6 Å². The largest absolute Gasteiger partial charge is 0.377 e. The lowest BCUT2D eigenvalue weighted by molar-refractivity contribution is -0.117. The van der Waals surface area contributed by atoms with E-state index in [1.54, 1.807) is 6.20 Å². The van der Waals surface area contributed by atoms with Gasteiger partial charge in [-0.2, -0.15) is 0 Å². The van der Waals surface area contributed by atoms with Crippen LogP contribution < -0.4 is 5.32 Å². The van der Waals surface area contributed by atoms with E-state index in [1.807, 2.05) is 12.1 Å². The fraction of sp³-hybridized carbons (Fsp3) is 0.565. The van der Waals surface area contributed by atoms with E-state index < -0.39 is 0 Å². The first kappa shape index (κ1) is 19.3. The standard InChI is InChI=1S/C23H28ClN3O2/c1-14-21(6-9-29-14)27-7-4-15(5-8-27)19-10-17-12-22(26-23(28)16-2-3-16)25-13-18(17)11-20(19)24/h10-16,21H,2-9H2,1H3,(H,25,26,28)/t14-,21-/m1/s1. The molecule has 2 saturated heterocycles. The minimum atomic E-state index is 0.0866. The Labute approximate surface area is 176 Å². The normalized spacial score (nSPS) is 26.1. The van der Waals surface area contributed by atoms with Crippen LogP contribution in [0.4, 0.5) is 5.82 Å². The number of piperidine rings is 1. The number of hydrogen-bond donors (Lipinski definition) is 1. The van der Waals surface area contributed by atoms with Crippen LogP contribution in [0, 0.1) is 5.92 Å². The van der Waals surface area contributed by atoms with E-state index in [4.69, 9.17) is 16.3 Å². The molecule has 1 aromatic heterocycles. The summed E-state index contributed by atoms with van der Waals surface area (Å²) in [7, 11) is 0. The Morgan fingerprint density at radius 3 is 2.62 bits per heavy atom. The van der Waals surface area contributed by atoms with E-state index in [1.165, 1.54) is 5.56 Å². The zero-order chi connectivity index (χ0) is 20.0. The molecular weight excluding hydrogens is 386 g/mol. The molecule has 1 amide bonds. The second-order valence-corrected chi connectivity index (χ2v) is 9.20. The highest BCUT2D eigenvalue weighted by molar-refractivity contribution is 6.32. The molecule has 0 spiro atoms. The van der Waals surface area contributed by atoms with Gasteiger partial charge in [0.2, 0.25) is 5.91 Å². The van der Waals surface area contributed by atoms with Crippen LogP contribution in [0.2, 0.25) is 5.02 Å². The highest BCUT2D eigenvalue weighted by Gasteiger charge is 2.33. The predicted octanol–water partition coefficient (Wildman–Crippen LogP) is 4.59. The number of carbonyl (C=O) groups is 1. The first-order valence-electron chi connectivity index (χ1n) is 10.8. The van der Waals surface area contributed by atoms with E-state index >= 15 is 0 Å². The number of hydrogen-bond acceptors (Lipinski definition) is 4. The Balaban J connectivity index is 1.32. The highest BCUT2D eigenvalue weighted by Crippen LogP contribution is 2.37. The van der Waals surface area contributed by atoms with Crippen LogP contribution in [0.15, 0.2) is 24.4 Å². The van der Waals surface area contributed by atoms with Crippen molar-refractivity contribution in [3.05, 3.63) is 35.0 Å². The molecule has 1 saturated carbocycles. The lowest BCUT2D eigenvalue weighted by Crippen LogP contribution is -2.44. The number of anilines is 1. The number of pyridine rings is 1. The predicted molar refractivity (Wildman–Crippen MR) is 115 cm³/mol. The topological polar surface area (TPSA) is 54.5 Å². The Hall–Kier alpha value is -1.69. The van der Waals surface area contributed by atoms with Crippen molar-refractivity contribution in [3.63, 3.8) is 0 Å². The van der Waals surface area contributed by atoms with Crippen molar-refractivity contribution in [1.29, 1.82) is 0 Å². The van der Waals surface area contributed by atoms with E-state index in [9.17, 15) is 4.79 Å². The molecule has 0 radical (unpaired) electrons. The van der Waals surface area contributed by atoms with Gasteiger partial charge in [-0.25, -0.2) is 4.98 Å². The van der Waals surface area contributed by atoms with Crippen molar-refractivity contribution in [2.75, 3.05) is 25.0 Å². The summed E-state index contributed by atoms with van der Waals surface area (Å²) in [5.74, 6) is 1.36. The number of carbonyl (C=O) groups excluding carboxylic acids is 1. The molecule has 2 aliphatic heterocycles. The number of ether oxygens (including phenoxy) is 1. The summed E-state index contributed by atoms with van der Waals surface area (Å²) < 4.78 is 5.76. The average molecular weight is 414 g/mol. The van der Waals surface area contributed by atoms with Gasteiger partial charge in [-0.1, -0.05) is 11.6 Å². The molecule has 1 N–H and O–H groups in total. The van der Waals surface area contributed by atoms with Crippen molar-refractivity contribution in [1.82, 2.24) is 9.88 Å². The molecular formula is C23H28ClN3O2. The third kappa shape index (κ3) is 4.00. The summed E-state index contributed by atoms with van der Waals surface area (Å²) in [5, 5.41) is 5.87. The zero-order valence-corrected chi connectivity index (χ0v) is 17.6. The smallest absolute Gasteiger partial charge is 0.228 e. The maximum Gasteiger partial charge on any atom is 0.228 e. The molecule has 3 heterocycles. The van der Waals surface area contributed by atoms with E-state index in [-0.39, 0.29) is 11.8 Å². The van der Waals surface area contributed by atoms with Gasteiger partial charge in [0.05, 0.1) is 6.10 Å². The van der Waals surface area contributed by atoms with Gasteiger partial charge < -0.3 is 10.1 Å². The molecule has 0 unspecified atom stereocenters. The van der Waals surface area contributed by atoms with Gasteiger partial charge in [-0.3, -0.25) is 9.69 Å². The summed E-state index contributed by atoms with van der Waals surface area (Å²) in [5.41, 5.74) is 1.22. The SMILES string of the molecule is C[C@H]1OCC[C@H]1N1CCC(c2cc3cc(NC(=O)C4CC4)ncc3cc2Cl)CC1. The van der Waals surface area contributed by atoms with E-state index in [2.05, 4.69) is 28.2 Å². The number of nitrogens with one attached hydrogen (secondary N) is 1. The maximum atomic E-state index is 12.1. The summed E-state index contributed by atoms with van der Waals surface area (Å²) in [6.45, 7) is 5.26. The number of aromatic nitrogens is 1. The number of likely N-dealkylation sites (tertiary alicyclic amines) is 1. The van der Waals surface area contributed by atoms with Gasteiger partial charge in [0.25, 0.3) is 0 Å². The molecule has 2 aromatic rings. The summed E-state index contributed by atoms with van der Waals surface area (Å²) in [4.78, 5) is 19.0. The fourth-order valence-corrected chi connectivity index (χ4v) is 5.21. The van der Waals surface area contributed by atoms with Gasteiger partial charge >= 0.3 is 0 Å². The number of fused-ring (bicyclic) bond motifs is 1. The third-order valence-corrected chi connectivity index (χ3v) is 7.14. The minimum Gasteiger partial charge on any atom is -0.377 e. The van der Waals surface area contributed by atoms with Crippen LogP contribution in [-0.2, 0) is 9.53 Å². The number of halogens is 1. The van der Waals surface area contributed by atoms with Gasteiger partial charge in [-0.05, 0) is 87.2 Å². The summed E-state index contributed by atoms with van der Waals surface area (Å²) in [6, 6.07) is 6.76. The molecule has 3 fully saturated rings. The molecule has 5 rings (SSSR count). The lowest BCUT2D eigenvalue weighted by Gasteiger charge is -2.37. The van der Waals surface area contributed by atoms with Crippen LogP contribution in [0.1, 0.15) is 50.5 Å².